The molecule has 0 saturated carbocycles. The Morgan fingerprint density at radius 2 is 2.22 bits per heavy atom. The number of aromatic nitrogens is 1. The van der Waals surface area contributed by atoms with Crippen molar-refractivity contribution in [2.45, 2.75) is 39.3 Å². The summed E-state index contributed by atoms with van der Waals surface area (Å²) in [5.41, 5.74) is 0.498. The zero-order valence-corrected chi connectivity index (χ0v) is 11.1. The van der Waals surface area contributed by atoms with Crippen molar-refractivity contribution < 1.29 is 9.90 Å². The minimum absolute atomic E-state index is 0.0601. The maximum atomic E-state index is 12.1. The smallest absolute Gasteiger partial charge is 0.255 e. The Morgan fingerprint density at radius 1 is 1.50 bits per heavy atom. The van der Waals surface area contributed by atoms with Gasteiger partial charge in [0.2, 0.25) is 0 Å². The van der Waals surface area contributed by atoms with Crippen LogP contribution in [0.4, 0.5) is 5.82 Å². The van der Waals surface area contributed by atoms with Gasteiger partial charge in [-0.05, 0) is 32.4 Å². The van der Waals surface area contributed by atoms with Gasteiger partial charge in [0.15, 0.2) is 0 Å². The third-order valence-corrected chi connectivity index (χ3v) is 2.53. The largest absolute Gasteiger partial charge is 0.394 e. The Balaban J connectivity index is 2.84. The Morgan fingerprint density at radius 3 is 2.78 bits per heavy atom. The first-order valence-corrected chi connectivity index (χ1v) is 6.21. The molecule has 1 aromatic heterocycles. The van der Waals surface area contributed by atoms with Crippen LogP contribution in [0.2, 0.25) is 0 Å². The number of aliphatic hydroxyl groups is 1. The standard InChI is InChI=1S/C13H21N3O2/c1-4-10(8-17)16-13(18)11-6-5-7-14-12(11)15-9(2)3/h5-7,9-10,17H,4,8H2,1-3H3,(H,14,15)(H,16,18). The van der Waals surface area contributed by atoms with Gasteiger partial charge in [-0.3, -0.25) is 4.79 Å². The number of rotatable bonds is 6. The predicted molar refractivity (Wildman–Crippen MR) is 71.6 cm³/mol. The molecule has 0 radical (unpaired) electrons. The number of nitrogens with zero attached hydrogens (tertiary/aromatic N) is 1. The molecule has 0 bridgehead atoms. The minimum atomic E-state index is -0.218. The van der Waals surface area contributed by atoms with Crippen LogP contribution in [-0.4, -0.2) is 34.7 Å². The second kappa shape index (κ2) is 6.96. The third kappa shape index (κ3) is 4.00. The summed E-state index contributed by atoms with van der Waals surface area (Å²) in [4.78, 5) is 16.2. The Labute approximate surface area is 108 Å². The first-order valence-electron chi connectivity index (χ1n) is 6.21. The molecule has 1 amide bonds. The number of amides is 1. The van der Waals surface area contributed by atoms with Crippen LogP contribution in [0.5, 0.6) is 0 Å². The van der Waals surface area contributed by atoms with E-state index in [9.17, 15) is 4.79 Å². The van der Waals surface area contributed by atoms with E-state index in [2.05, 4.69) is 15.6 Å². The number of anilines is 1. The van der Waals surface area contributed by atoms with Crippen LogP contribution in [0.25, 0.3) is 0 Å². The number of hydrogen-bond donors (Lipinski definition) is 3. The van der Waals surface area contributed by atoms with Crippen molar-refractivity contribution in [3.8, 4) is 0 Å². The minimum Gasteiger partial charge on any atom is -0.394 e. The van der Waals surface area contributed by atoms with E-state index < -0.39 is 0 Å². The molecule has 0 spiro atoms. The fourth-order valence-corrected chi connectivity index (χ4v) is 1.52. The fourth-order valence-electron chi connectivity index (χ4n) is 1.52. The van der Waals surface area contributed by atoms with Gasteiger partial charge < -0.3 is 15.7 Å². The summed E-state index contributed by atoms with van der Waals surface area (Å²) < 4.78 is 0. The van der Waals surface area contributed by atoms with Crippen LogP contribution in [0, 0.1) is 0 Å². The molecule has 1 atom stereocenters. The number of hydrogen-bond acceptors (Lipinski definition) is 4. The van der Waals surface area contributed by atoms with E-state index in [1.54, 1.807) is 18.3 Å². The van der Waals surface area contributed by atoms with Crippen molar-refractivity contribution in [2.24, 2.45) is 0 Å². The van der Waals surface area contributed by atoms with Crippen LogP contribution >= 0.6 is 0 Å². The van der Waals surface area contributed by atoms with E-state index in [0.29, 0.717) is 17.8 Å². The van der Waals surface area contributed by atoms with Crippen LogP contribution < -0.4 is 10.6 Å². The highest BCUT2D eigenvalue weighted by Crippen LogP contribution is 2.12. The van der Waals surface area contributed by atoms with Crippen molar-refractivity contribution in [1.82, 2.24) is 10.3 Å². The normalized spacial score (nSPS) is 12.3. The molecule has 3 N–H and O–H groups in total. The van der Waals surface area contributed by atoms with E-state index in [4.69, 9.17) is 5.11 Å². The molecule has 0 aliphatic carbocycles. The van der Waals surface area contributed by atoms with Gasteiger partial charge in [-0.2, -0.15) is 0 Å². The van der Waals surface area contributed by atoms with Crippen LogP contribution in [0.15, 0.2) is 18.3 Å². The monoisotopic (exact) mass is 251 g/mol. The molecule has 100 valence electrons. The molecule has 5 heteroatoms. The van der Waals surface area contributed by atoms with Crippen molar-refractivity contribution in [3.63, 3.8) is 0 Å². The van der Waals surface area contributed by atoms with E-state index >= 15 is 0 Å². The van der Waals surface area contributed by atoms with Gasteiger partial charge in [-0.15, -0.1) is 0 Å². The molecule has 1 rings (SSSR count). The summed E-state index contributed by atoms with van der Waals surface area (Å²) in [5.74, 6) is 0.352. The Bertz CT molecular complexity index is 390. The fraction of sp³-hybridized carbons (Fsp3) is 0.538. The van der Waals surface area contributed by atoms with E-state index in [0.717, 1.165) is 0 Å². The van der Waals surface area contributed by atoms with Crippen molar-refractivity contribution in [2.75, 3.05) is 11.9 Å². The second-order valence-corrected chi connectivity index (χ2v) is 4.46. The van der Waals surface area contributed by atoms with Crippen molar-refractivity contribution in [1.29, 1.82) is 0 Å². The van der Waals surface area contributed by atoms with Gasteiger partial charge in [0, 0.05) is 12.2 Å². The molecule has 0 fully saturated rings. The molecule has 0 aromatic carbocycles. The van der Waals surface area contributed by atoms with Crippen LogP contribution in [0.1, 0.15) is 37.6 Å². The lowest BCUT2D eigenvalue weighted by molar-refractivity contribution is 0.0915. The highest BCUT2D eigenvalue weighted by molar-refractivity contribution is 5.98. The Kier molecular flexibility index (Phi) is 5.58. The van der Waals surface area contributed by atoms with E-state index in [1.807, 2.05) is 20.8 Å². The molecule has 0 aliphatic heterocycles. The highest BCUT2D eigenvalue weighted by atomic mass is 16.3. The summed E-state index contributed by atoms with van der Waals surface area (Å²) in [6, 6.07) is 3.42. The average Bonchev–Trinajstić information content (AvgIpc) is 2.35. The van der Waals surface area contributed by atoms with Crippen LogP contribution in [0.3, 0.4) is 0 Å². The lowest BCUT2D eigenvalue weighted by atomic mass is 10.2. The zero-order chi connectivity index (χ0) is 13.5. The maximum Gasteiger partial charge on any atom is 0.255 e. The van der Waals surface area contributed by atoms with Gasteiger partial charge in [-0.1, -0.05) is 6.92 Å². The molecule has 1 aromatic rings. The first-order chi connectivity index (χ1) is 8.58. The molecule has 1 unspecified atom stereocenters. The van der Waals surface area contributed by atoms with Crippen molar-refractivity contribution >= 4 is 11.7 Å². The number of carbonyl (C=O) groups excluding carboxylic acids is 1. The maximum absolute atomic E-state index is 12.1. The predicted octanol–water partition coefficient (Wildman–Crippen LogP) is 1.40. The SMILES string of the molecule is CCC(CO)NC(=O)c1cccnc1NC(C)C. The van der Waals surface area contributed by atoms with Gasteiger partial charge >= 0.3 is 0 Å². The molecule has 5 nitrogen and oxygen atoms in total. The van der Waals surface area contributed by atoms with Crippen molar-refractivity contribution in [3.05, 3.63) is 23.9 Å². The third-order valence-electron chi connectivity index (χ3n) is 2.53. The number of nitrogens with one attached hydrogen (secondary N) is 2. The van der Waals surface area contributed by atoms with E-state index in [-0.39, 0.29) is 24.6 Å². The number of pyridine rings is 1. The molecule has 0 saturated heterocycles. The molecule has 18 heavy (non-hydrogen) atoms. The lowest BCUT2D eigenvalue weighted by Gasteiger charge is -2.17. The summed E-state index contributed by atoms with van der Waals surface area (Å²) in [6.07, 6.45) is 2.33. The van der Waals surface area contributed by atoms with E-state index in [1.165, 1.54) is 0 Å². The van der Waals surface area contributed by atoms with Gasteiger partial charge in [0.25, 0.3) is 5.91 Å². The Hall–Kier alpha value is -1.62. The second-order valence-electron chi connectivity index (χ2n) is 4.46. The van der Waals surface area contributed by atoms with Gasteiger partial charge in [0.05, 0.1) is 18.2 Å². The quantitative estimate of drug-likeness (QED) is 0.714. The number of carbonyl (C=O) groups is 1. The molecule has 0 aliphatic rings. The van der Waals surface area contributed by atoms with Gasteiger partial charge in [-0.25, -0.2) is 4.98 Å². The lowest BCUT2D eigenvalue weighted by Crippen LogP contribution is -2.37. The zero-order valence-electron chi connectivity index (χ0n) is 11.1. The molecular weight excluding hydrogens is 230 g/mol. The topological polar surface area (TPSA) is 74.2 Å². The van der Waals surface area contributed by atoms with Gasteiger partial charge in [0.1, 0.15) is 5.82 Å². The van der Waals surface area contributed by atoms with Crippen LogP contribution in [-0.2, 0) is 0 Å². The average molecular weight is 251 g/mol. The first kappa shape index (κ1) is 14.4. The summed E-state index contributed by atoms with van der Waals surface area (Å²) >= 11 is 0. The number of aliphatic hydroxyl groups excluding tert-OH is 1. The molecular formula is C13H21N3O2. The summed E-state index contributed by atoms with van der Waals surface area (Å²) in [6.45, 7) is 5.82. The molecule has 1 heterocycles. The highest BCUT2D eigenvalue weighted by Gasteiger charge is 2.15. The summed E-state index contributed by atoms with van der Waals surface area (Å²) in [7, 11) is 0. The summed E-state index contributed by atoms with van der Waals surface area (Å²) in [5, 5.41) is 15.0.